The Labute approximate surface area is 83.9 Å². The summed E-state index contributed by atoms with van der Waals surface area (Å²) in [5, 5.41) is 0. The number of hydrogen-bond donors (Lipinski definition) is 1. The fraction of sp³-hybridized carbons (Fsp3) is 0.200. The van der Waals surface area contributed by atoms with Crippen molar-refractivity contribution in [1.82, 2.24) is 0 Å². The summed E-state index contributed by atoms with van der Waals surface area (Å²) in [5.41, 5.74) is 3.93. The minimum absolute atomic E-state index is 0.0282. The normalized spacial score (nSPS) is 10.7. The molecule has 80 valence electrons. The van der Waals surface area contributed by atoms with E-state index in [1.807, 2.05) is 0 Å². The predicted octanol–water partition coefficient (Wildman–Crippen LogP) is 2.15. The molecule has 0 saturated heterocycles. The zero-order valence-electron chi connectivity index (χ0n) is 7.53. The lowest BCUT2D eigenvalue weighted by Gasteiger charge is -2.06. The summed E-state index contributed by atoms with van der Waals surface area (Å²) in [7, 11) is 0. The molecule has 0 heterocycles. The summed E-state index contributed by atoms with van der Waals surface area (Å²) in [5.74, 6) is 3.70. The highest BCUT2D eigenvalue weighted by Gasteiger charge is 2.30. The first-order valence-electron chi connectivity index (χ1n) is 4.01. The van der Waals surface area contributed by atoms with E-state index in [-0.39, 0.29) is 12.1 Å². The van der Waals surface area contributed by atoms with Crippen molar-refractivity contribution >= 4 is 0 Å². The summed E-state index contributed by atoms with van der Waals surface area (Å²) in [6, 6.07) is 2.19. The van der Waals surface area contributed by atoms with Gasteiger partial charge in [0.15, 0.2) is 0 Å². The van der Waals surface area contributed by atoms with Gasteiger partial charge in [0.1, 0.15) is 5.82 Å². The average Bonchev–Trinajstić information content (AvgIpc) is 2.14. The molecule has 0 unspecified atom stereocenters. The second-order valence-electron chi connectivity index (χ2n) is 2.70. The van der Waals surface area contributed by atoms with Crippen LogP contribution in [0.5, 0.6) is 0 Å². The molecule has 5 heteroatoms. The quantitative estimate of drug-likeness (QED) is 0.523. The van der Waals surface area contributed by atoms with Gasteiger partial charge in [-0.3, -0.25) is 0 Å². The summed E-state index contributed by atoms with van der Waals surface area (Å²) in [4.78, 5) is 0. The van der Waals surface area contributed by atoms with Crippen LogP contribution in [-0.4, -0.2) is 6.54 Å². The highest BCUT2D eigenvalue weighted by atomic mass is 19.4. The Bertz CT molecular complexity index is 412. The van der Waals surface area contributed by atoms with Gasteiger partial charge in [-0.25, -0.2) is 4.39 Å². The van der Waals surface area contributed by atoms with E-state index in [4.69, 9.17) is 5.73 Å². The zero-order chi connectivity index (χ0) is 11.5. The van der Waals surface area contributed by atoms with Crippen molar-refractivity contribution in [3.63, 3.8) is 0 Å². The van der Waals surface area contributed by atoms with Gasteiger partial charge in [0.05, 0.1) is 17.7 Å². The first-order chi connectivity index (χ1) is 6.95. The third kappa shape index (κ3) is 2.96. The highest BCUT2D eigenvalue weighted by Crippen LogP contribution is 2.29. The van der Waals surface area contributed by atoms with E-state index < -0.39 is 17.6 Å². The smallest absolute Gasteiger partial charge is 0.320 e. The van der Waals surface area contributed by atoms with Crippen LogP contribution in [0, 0.1) is 17.7 Å². The zero-order valence-corrected chi connectivity index (χ0v) is 7.53. The minimum atomic E-state index is -4.54. The second-order valence-corrected chi connectivity index (χ2v) is 2.70. The maximum atomic E-state index is 13.1. The Hall–Kier alpha value is -1.54. The van der Waals surface area contributed by atoms with Crippen LogP contribution in [0.25, 0.3) is 0 Å². The topological polar surface area (TPSA) is 26.0 Å². The van der Waals surface area contributed by atoms with Crippen molar-refractivity contribution in [1.29, 1.82) is 0 Å². The maximum Gasteiger partial charge on any atom is 0.416 e. The Morgan fingerprint density at radius 2 is 1.93 bits per heavy atom. The molecular weight excluding hydrogens is 210 g/mol. The standard InChI is InChI=1S/C10H7F4N/c11-9-6-8(10(12,13)14)4-3-7(9)2-1-5-15/h3-4,6H,5,15H2. The van der Waals surface area contributed by atoms with Gasteiger partial charge in [0, 0.05) is 0 Å². The van der Waals surface area contributed by atoms with E-state index in [0.717, 1.165) is 12.1 Å². The molecule has 0 bridgehead atoms. The number of benzene rings is 1. The van der Waals surface area contributed by atoms with Crippen molar-refractivity contribution in [3.05, 3.63) is 35.1 Å². The SMILES string of the molecule is NCC#Cc1ccc(C(F)(F)F)cc1F. The van der Waals surface area contributed by atoms with Gasteiger partial charge in [0.2, 0.25) is 0 Å². The molecule has 15 heavy (non-hydrogen) atoms. The van der Waals surface area contributed by atoms with Gasteiger partial charge >= 0.3 is 6.18 Å². The summed E-state index contributed by atoms with van der Waals surface area (Å²) >= 11 is 0. The average molecular weight is 217 g/mol. The van der Waals surface area contributed by atoms with Crippen LogP contribution in [-0.2, 0) is 6.18 Å². The lowest BCUT2D eigenvalue weighted by Crippen LogP contribution is -2.05. The van der Waals surface area contributed by atoms with E-state index in [1.54, 1.807) is 0 Å². The van der Waals surface area contributed by atoms with Crippen molar-refractivity contribution in [2.45, 2.75) is 6.18 Å². The molecule has 0 amide bonds. The molecule has 0 aliphatic carbocycles. The molecular formula is C10H7F4N. The molecule has 0 radical (unpaired) electrons. The molecule has 0 aliphatic rings. The third-order valence-corrected chi connectivity index (χ3v) is 1.62. The van der Waals surface area contributed by atoms with Crippen LogP contribution in [0.1, 0.15) is 11.1 Å². The largest absolute Gasteiger partial charge is 0.416 e. The van der Waals surface area contributed by atoms with Crippen LogP contribution >= 0.6 is 0 Å². The van der Waals surface area contributed by atoms with E-state index in [0.29, 0.717) is 6.07 Å². The number of rotatable bonds is 0. The monoisotopic (exact) mass is 217 g/mol. The van der Waals surface area contributed by atoms with Gasteiger partial charge < -0.3 is 5.73 Å². The van der Waals surface area contributed by atoms with E-state index in [9.17, 15) is 17.6 Å². The van der Waals surface area contributed by atoms with Gasteiger partial charge in [0.25, 0.3) is 0 Å². The maximum absolute atomic E-state index is 13.1. The number of hydrogen-bond acceptors (Lipinski definition) is 1. The van der Waals surface area contributed by atoms with Gasteiger partial charge in [-0.1, -0.05) is 11.8 Å². The van der Waals surface area contributed by atoms with E-state index >= 15 is 0 Å². The lowest BCUT2D eigenvalue weighted by atomic mass is 10.1. The Kier molecular flexibility index (Phi) is 3.32. The molecule has 0 aromatic heterocycles. The first-order valence-corrected chi connectivity index (χ1v) is 4.01. The van der Waals surface area contributed by atoms with Gasteiger partial charge in [-0.15, -0.1) is 0 Å². The van der Waals surface area contributed by atoms with E-state index in [1.165, 1.54) is 0 Å². The van der Waals surface area contributed by atoms with Crippen LogP contribution < -0.4 is 5.73 Å². The van der Waals surface area contributed by atoms with Gasteiger partial charge in [-0.05, 0) is 18.2 Å². The molecule has 1 rings (SSSR count). The Morgan fingerprint density at radius 3 is 2.40 bits per heavy atom. The first kappa shape index (κ1) is 11.5. The number of nitrogens with two attached hydrogens (primary N) is 1. The fourth-order valence-corrected chi connectivity index (χ4v) is 0.939. The van der Waals surface area contributed by atoms with Crippen LogP contribution in [0.15, 0.2) is 18.2 Å². The lowest BCUT2D eigenvalue weighted by molar-refractivity contribution is -0.137. The molecule has 0 atom stereocenters. The predicted molar refractivity (Wildman–Crippen MR) is 47.3 cm³/mol. The van der Waals surface area contributed by atoms with Crippen molar-refractivity contribution < 1.29 is 17.6 Å². The van der Waals surface area contributed by atoms with Crippen LogP contribution in [0.2, 0.25) is 0 Å². The van der Waals surface area contributed by atoms with Crippen LogP contribution in [0.3, 0.4) is 0 Å². The van der Waals surface area contributed by atoms with Crippen LogP contribution in [0.4, 0.5) is 17.6 Å². The summed E-state index contributed by atoms with van der Waals surface area (Å²) in [6.45, 7) is 0.0282. The second kappa shape index (κ2) is 4.32. The highest BCUT2D eigenvalue weighted by molar-refractivity contribution is 5.38. The molecule has 0 spiro atoms. The molecule has 1 nitrogen and oxygen atoms in total. The number of halogens is 4. The molecule has 0 aliphatic heterocycles. The molecule has 1 aromatic carbocycles. The molecule has 1 aromatic rings. The summed E-state index contributed by atoms with van der Waals surface area (Å²) in [6.07, 6.45) is -4.54. The third-order valence-electron chi connectivity index (χ3n) is 1.62. The Balaban J connectivity index is 3.09. The minimum Gasteiger partial charge on any atom is -0.320 e. The Morgan fingerprint density at radius 1 is 1.27 bits per heavy atom. The molecule has 2 N–H and O–H groups in total. The van der Waals surface area contributed by atoms with Gasteiger partial charge in [-0.2, -0.15) is 13.2 Å². The van der Waals surface area contributed by atoms with Crippen molar-refractivity contribution in [2.75, 3.05) is 6.54 Å². The summed E-state index contributed by atoms with van der Waals surface area (Å²) < 4.78 is 49.4. The fourth-order valence-electron chi connectivity index (χ4n) is 0.939. The number of alkyl halides is 3. The molecule has 0 fully saturated rings. The van der Waals surface area contributed by atoms with Crippen molar-refractivity contribution in [3.8, 4) is 11.8 Å². The molecule has 0 saturated carbocycles. The van der Waals surface area contributed by atoms with E-state index in [2.05, 4.69) is 11.8 Å². The van der Waals surface area contributed by atoms with Crippen molar-refractivity contribution in [2.24, 2.45) is 5.73 Å².